The molecule has 1 fully saturated rings. The SMILES string of the molecule is CC[C@@H](C)N(C(=O)COC(=O)c1cc(=O)c2ccccc2o1)[C@@H]1CCS(=O)(=O)C1. The van der Waals surface area contributed by atoms with Gasteiger partial charge in [-0.25, -0.2) is 13.2 Å². The number of fused-ring (bicyclic) bond motifs is 1. The van der Waals surface area contributed by atoms with Crippen molar-refractivity contribution >= 4 is 32.7 Å². The summed E-state index contributed by atoms with van der Waals surface area (Å²) in [6.07, 6.45) is 1.00. The van der Waals surface area contributed by atoms with Gasteiger partial charge >= 0.3 is 5.97 Å². The smallest absolute Gasteiger partial charge is 0.374 e. The number of carbonyl (C=O) groups excluding carboxylic acids is 2. The van der Waals surface area contributed by atoms with E-state index in [4.69, 9.17) is 9.15 Å². The van der Waals surface area contributed by atoms with Crippen LogP contribution in [0, 0.1) is 0 Å². The highest BCUT2D eigenvalue weighted by Crippen LogP contribution is 2.21. The number of rotatable bonds is 6. The maximum Gasteiger partial charge on any atom is 0.374 e. The molecule has 1 amide bonds. The lowest BCUT2D eigenvalue weighted by Crippen LogP contribution is -2.48. The van der Waals surface area contributed by atoms with Crippen LogP contribution in [-0.2, 0) is 19.4 Å². The Bertz CT molecular complexity index is 1090. The number of sulfone groups is 1. The molecule has 3 rings (SSSR count). The molecule has 2 heterocycles. The fourth-order valence-electron chi connectivity index (χ4n) is 3.48. The lowest BCUT2D eigenvalue weighted by atomic mass is 10.1. The number of esters is 1. The summed E-state index contributed by atoms with van der Waals surface area (Å²) in [5, 5.41) is 0.338. The minimum Gasteiger partial charge on any atom is -0.450 e. The predicted octanol–water partition coefficient (Wildman–Crippen LogP) is 1.76. The number of amides is 1. The Labute approximate surface area is 168 Å². The first-order valence-electron chi connectivity index (χ1n) is 9.43. The van der Waals surface area contributed by atoms with Crippen molar-refractivity contribution < 1.29 is 27.2 Å². The Kier molecular flexibility index (Phi) is 6.07. The van der Waals surface area contributed by atoms with E-state index in [1.54, 1.807) is 24.3 Å². The molecular weight excluding hydrogens is 398 g/mol. The van der Waals surface area contributed by atoms with Crippen LogP contribution in [0.1, 0.15) is 37.2 Å². The number of hydrogen-bond acceptors (Lipinski definition) is 7. The van der Waals surface area contributed by atoms with Crippen LogP contribution in [0.4, 0.5) is 0 Å². The van der Waals surface area contributed by atoms with Crippen molar-refractivity contribution in [3.05, 3.63) is 46.3 Å². The Balaban J connectivity index is 1.72. The van der Waals surface area contributed by atoms with Crippen molar-refractivity contribution in [1.82, 2.24) is 4.90 Å². The topological polar surface area (TPSA) is 111 Å². The van der Waals surface area contributed by atoms with E-state index in [-0.39, 0.29) is 34.3 Å². The lowest BCUT2D eigenvalue weighted by Gasteiger charge is -2.33. The molecule has 156 valence electrons. The van der Waals surface area contributed by atoms with E-state index in [9.17, 15) is 22.8 Å². The van der Waals surface area contributed by atoms with Crippen molar-refractivity contribution in [2.24, 2.45) is 0 Å². The third kappa shape index (κ3) is 4.67. The van der Waals surface area contributed by atoms with Gasteiger partial charge in [-0.15, -0.1) is 0 Å². The highest BCUT2D eigenvalue weighted by molar-refractivity contribution is 7.91. The van der Waals surface area contributed by atoms with Crippen LogP contribution in [-0.4, -0.2) is 55.4 Å². The van der Waals surface area contributed by atoms with Gasteiger partial charge in [0.25, 0.3) is 5.91 Å². The van der Waals surface area contributed by atoms with Gasteiger partial charge in [0.2, 0.25) is 5.76 Å². The van der Waals surface area contributed by atoms with Crippen molar-refractivity contribution in [3.8, 4) is 0 Å². The van der Waals surface area contributed by atoms with E-state index in [2.05, 4.69) is 0 Å². The van der Waals surface area contributed by atoms with Crippen molar-refractivity contribution in [2.45, 2.75) is 38.8 Å². The zero-order valence-corrected chi connectivity index (χ0v) is 17.1. The molecule has 0 bridgehead atoms. The number of ether oxygens (including phenoxy) is 1. The average Bonchev–Trinajstić information content (AvgIpc) is 3.05. The first kappa shape index (κ1) is 21.0. The van der Waals surface area contributed by atoms with Crippen molar-refractivity contribution in [2.75, 3.05) is 18.1 Å². The van der Waals surface area contributed by atoms with Crippen LogP contribution in [0.15, 0.2) is 39.5 Å². The third-order valence-electron chi connectivity index (χ3n) is 5.12. The third-order valence-corrected chi connectivity index (χ3v) is 6.87. The molecule has 1 aromatic heterocycles. The first-order chi connectivity index (χ1) is 13.7. The molecule has 0 unspecified atom stereocenters. The lowest BCUT2D eigenvalue weighted by molar-refractivity contribution is -0.138. The highest BCUT2D eigenvalue weighted by atomic mass is 32.2. The average molecular weight is 421 g/mol. The fourth-order valence-corrected chi connectivity index (χ4v) is 5.19. The number of carbonyl (C=O) groups is 2. The van der Waals surface area contributed by atoms with E-state index in [1.165, 1.54) is 4.90 Å². The quantitative estimate of drug-likeness (QED) is 0.654. The molecule has 1 aliphatic rings. The monoisotopic (exact) mass is 421 g/mol. The molecule has 9 heteroatoms. The standard InChI is InChI=1S/C20H23NO7S/c1-3-13(2)21(14-8-9-29(25,26)12-14)19(23)11-27-20(24)18-10-16(22)15-6-4-5-7-17(15)28-18/h4-7,10,13-14H,3,8-9,11-12H2,1-2H3/t13-,14-/m1/s1. The van der Waals surface area contributed by atoms with E-state index in [0.717, 1.165) is 6.07 Å². The molecular formula is C20H23NO7S. The molecule has 1 aliphatic heterocycles. The molecule has 2 aromatic rings. The van der Waals surface area contributed by atoms with Crippen LogP contribution in [0.2, 0.25) is 0 Å². The normalized spacial score (nSPS) is 19.0. The number of para-hydroxylation sites is 1. The maximum atomic E-state index is 12.7. The number of nitrogens with zero attached hydrogens (tertiary/aromatic N) is 1. The van der Waals surface area contributed by atoms with Gasteiger partial charge in [-0.3, -0.25) is 9.59 Å². The summed E-state index contributed by atoms with van der Waals surface area (Å²) in [6, 6.07) is 6.90. The van der Waals surface area contributed by atoms with Crippen molar-refractivity contribution in [3.63, 3.8) is 0 Å². The zero-order chi connectivity index (χ0) is 21.2. The van der Waals surface area contributed by atoms with Gasteiger partial charge in [0.05, 0.1) is 16.9 Å². The molecule has 1 saturated heterocycles. The number of hydrogen-bond donors (Lipinski definition) is 0. The first-order valence-corrected chi connectivity index (χ1v) is 11.3. The summed E-state index contributed by atoms with van der Waals surface area (Å²) in [4.78, 5) is 38.6. The zero-order valence-electron chi connectivity index (χ0n) is 16.3. The Morgan fingerprint density at radius 2 is 2.03 bits per heavy atom. The van der Waals surface area contributed by atoms with E-state index in [0.29, 0.717) is 18.2 Å². The van der Waals surface area contributed by atoms with Crippen LogP contribution in [0.5, 0.6) is 0 Å². The maximum absolute atomic E-state index is 12.7. The largest absolute Gasteiger partial charge is 0.450 e. The minimum absolute atomic E-state index is 0.0416. The Morgan fingerprint density at radius 1 is 1.31 bits per heavy atom. The van der Waals surface area contributed by atoms with Gasteiger partial charge in [0, 0.05) is 18.2 Å². The van der Waals surface area contributed by atoms with Gasteiger partial charge in [0.1, 0.15) is 5.58 Å². The summed E-state index contributed by atoms with van der Waals surface area (Å²) in [5.41, 5.74) is -0.141. The summed E-state index contributed by atoms with van der Waals surface area (Å²) in [7, 11) is -3.17. The van der Waals surface area contributed by atoms with E-state index < -0.39 is 34.4 Å². The molecule has 29 heavy (non-hydrogen) atoms. The molecule has 0 radical (unpaired) electrons. The molecule has 1 aromatic carbocycles. The molecule has 0 spiro atoms. The van der Waals surface area contributed by atoms with Gasteiger partial charge in [-0.2, -0.15) is 0 Å². The van der Waals surface area contributed by atoms with E-state index >= 15 is 0 Å². The molecule has 0 saturated carbocycles. The van der Waals surface area contributed by atoms with Crippen LogP contribution in [0.25, 0.3) is 11.0 Å². The highest BCUT2D eigenvalue weighted by Gasteiger charge is 2.36. The van der Waals surface area contributed by atoms with E-state index in [1.807, 2.05) is 13.8 Å². The van der Waals surface area contributed by atoms with Crippen LogP contribution < -0.4 is 5.43 Å². The van der Waals surface area contributed by atoms with Gasteiger partial charge in [0.15, 0.2) is 21.9 Å². The predicted molar refractivity (Wildman–Crippen MR) is 106 cm³/mol. The summed E-state index contributed by atoms with van der Waals surface area (Å²) in [6.45, 7) is 3.16. The van der Waals surface area contributed by atoms with Crippen LogP contribution >= 0.6 is 0 Å². The summed E-state index contributed by atoms with van der Waals surface area (Å²) in [5.74, 6) is -1.74. The summed E-state index contributed by atoms with van der Waals surface area (Å²) < 4.78 is 34.1. The second kappa shape index (κ2) is 8.36. The second-order valence-electron chi connectivity index (χ2n) is 7.16. The molecule has 2 atom stereocenters. The fraction of sp³-hybridized carbons (Fsp3) is 0.450. The second-order valence-corrected chi connectivity index (χ2v) is 9.39. The Morgan fingerprint density at radius 3 is 2.69 bits per heavy atom. The van der Waals surface area contributed by atoms with Crippen molar-refractivity contribution in [1.29, 1.82) is 0 Å². The number of benzene rings is 1. The van der Waals surface area contributed by atoms with Gasteiger partial charge < -0.3 is 14.1 Å². The van der Waals surface area contributed by atoms with Gasteiger partial charge in [-0.05, 0) is 31.9 Å². The molecule has 0 N–H and O–H groups in total. The van der Waals surface area contributed by atoms with Crippen LogP contribution in [0.3, 0.4) is 0 Å². The minimum atomic E-state index is -3.17. The summed E-state index contributed by atoms with van der Waals surface area (Å²) >= 11 is 0. The molecule has 0 aliphatic carbocycles. The van der Waals surface area contributed by atoms with Gasteiger partial charge in [-0.1, -0.05) is 19.1 Å². The molecule has 8 nitrogen and oxygen atoms in total. The Hall–Kier alpha value is -2.68.